The maximum atomic E-state index is 13.4. The fraction of sp³-hybridized carbons (Fsp3) is 0.448. The van der Waals surface area contributed by atoms with E-state index in [0.717, 1.165) is 24.8 Å². The predicted molar refractivity (Wildman–Crippen MR) is 147 cm³/mol. The molecule has 4 atom stereocenters. The van der Waals surface area contributed by atoms with Crippen LogP contribution >= 0.6 is 0 Å². The Kier molecular flexibility index (Phi) is 9.32. The Morgan fingerprint density at radius 3 is 2.46 bits per heavy atom. The van der Waals surface area contributed by atoms with Crippen LogP contribution in [0.3, 0.4) is 0 Å². The summed E-state index contributed by atoms with van der Waals surface area (Å²) >= 11 is 0. The lowest BCUT2D eigenvalue weighted by Crippen LogP contribution is -2.50. The molecule has 0 spiro atoms. The van der Waals surface area contributed by atoms with Crippen LogP contribution in [0.4, 0.5) is 5.69 Å². The number of aryl methyl sites for hydroxylation is 3. The molecular formula is C29H37N5O5. The molecule has 2 aromatic carbocycles. The first-order chi connectivity index (χ1) is 18.7. The van der Waals surface area contributed by atoms with E-state index in [4.69, 9.17) is 16.6 Å². The van der Waals surface area contributed by atoms with Crippen molar-refractivity contribution in [3.63, 3.8) is 0 Å². The molecule has 2 aromatic rings. The largest absolute Gasteiger partial charge is 0.481 e. The van der Waals surface area contributed by atoms with Crippen molar-refractivity contribution in [1.29, 1.82) is 0 Å². The van der Waals surface area contributed by atoms with Gasteiger partial charge in [-0.15, -0.1) is 0 Å². The summed E-state index contributed by atoms with van der Waals surface area (Å²) in [4.78, 5) is 51.8. The van der Waals surface area contributed by atoms with Crippen molar-refractivity contribution in [1.82, 2.24) is 10.2 Å². The molecule has 1 aliphatic heterocycles. The summed E-state index contributed by atoms with van der Waals surface area (Å²) in [5, 5.41) is 14.6. The number of amides is 3. The zero-order chi connectivity index (χ0) is 27.9. The summed E-state index contributed by atoms with van der Waals surface area (Å²) in [6.07, 6.45) is 4.08. The highest BCUT2D eigenvalue weighted by Crippen LogP contribution is 2.26. The van der Waals surface area contributed by atoms with Gasteiger partial charge in [0.25, 0.3) is 0 Å². The molecule has 0 radical (unpaired) electrons. The number of carboxylic acid groups (broad SMARTS) is 1. The number of hydrogen-bond donors (Lipinski definition) is 5. The quantitative estimate of drug-likeness (QED) is 0.289. The fourth-order valence-corrected chi connectivity index (χ4v) is 5.33. The van der Waals surface area contributed by atoms with E-state index in [1.807, 2.05) is 48.5 Å². The Hall–Kier alpha value is -3.76. The van der Waals surface area contributed by atoms with Crippen molar-refractivity contribution in [3.8, 4) is 0 Å². The van der Waals surface area contributed by atoms with Gasteiger partial charge >= 0.3 is 5.97 Å². The summed E-state index contributed by atoms with van der Waals surface area (Å²) in [5.41, 5.74) is 16.4. The van der Waals surface area contributed by atoms with Gasteiger partial charge in [-0.25, -0.2) is 0 Å². The summed E-state index contributed by atoms with van der Waals surface area (Å²) in [5.74, 6) is -2.25. The minimum absolute atomic E-state index is 0.0108. The van der Waals surface area contributed by atoms with Gasteiger partial charge in [-0.2, -0.15) is 0 Å². The number of nitrogens with two attached hydrogens (primary N) is 2. The number of rotatable bonds is 11. The summed E-state index contributed by atoms with van der Waals surface area (Å²) in [7, 11) is 0. The zero-order valence-corrected chi connectivity index (χ0v) is 22.0. The Bertz CT molecular complexity index is 1200. The van der Waals surface area contributed by atoms with Crippen LogP contribution in [-0.4, -0.2) is 64.4 Å². The van der Waals surface area contributed by atoms with E-state index in [-0.39, 0.29) is 37.6 Å². The number of hydrogen-bond acceptors (Lipinski definition) is 6. The van der Waals surface area contributed by atoms with Gasteiger partial charge in [0.15, 0.2) is 0 Å². The molecule has 10 nitrogen and oxygen atoms in total. The van der Waals surface area contributed by atoms with Crippen molar-refractivity contribution < 1.29 is 24.3 Å². The van der Waals surface area contributed by atoms with Crippen LogP contribution in [0.2, 0.25) is 0 Å². The number of carbonyl (C=O) groups excluding carboxylic acids is 3. The Labute approximate surface area is 228 Å². The highest BCUT2D eigenvalue weighted by atomic mass is 16.4. The molecule has 1 saturated heterocycles. The topological polar surface area (TPSA) is 168 Å². The lowest BCUT2D eigenvalue weighted by atomic mass is 10.0. The van der Waals surface area contributed by atoms with E-state index < -0.39 is 36.0 Å². The normalized spacial score (nSPS) is 19.7. The van der Waals surface area contributed by atoms with E-state index in [2.05, 4.69) is 10.6 Å². The molecule has 3 amide bonds. The standard InChI is InChI=1S/C29H37N5O5/c30-23(13-14-26(35)36)27(37)33-22-16-25(28(38)32-21-11-10-19-7-4-8-20(19)15-21)34(17-22)29(39)24(31)12-9-18-5-2-1-3-6-18/h1-3,5-6,10-11,15,22-25H,4,7-9,12-14,16-17,30-31H2,(H,32,38)(H,33,37)(H,35,36)/t22-,23+,24+,25+/m1/s1. The Morgan fingerprint density at radius 2 is 1.72 bits per heavy atom. The van der Waals surface area contributed by atoms with E-state index >= 15 is 0 Å². The van der Waals surface area contributed by atoms with Crippen molar-refractivity contribution >= 4 is 29.4 Å². The van der Waals surface area contributed by atoms with E-state index in [0.29, 0.717) is 18.5 Å². The van der Waals surface area contributed by atoms with Crippen LogP contribution in [0.15, 0.2) is 48.5 Å². The van der Waals surface area contributed by atoms with Crippen LogP contribution in [0.5, 0.6) is 0 Å². The number of likely N-dealkylation sites (tertiary alicyclic amines) is 1. The highest BCUT2D eigenvalue weighted by molar-refractivity contribution is 5.98. The smallest absolute Gasteiger partial charge is 0.303 e. The summed E-state index contributed by atoms with van der Waals surface area (Å²) in [6.45, 7) is 0.109. The zero-order valence-electron chi connectivity index (χ0n) is 22.0. The van der Waals surface area contributed by atoms with Crippen LogP contribution in [0, 0.1) is 0 Å². The molecule has 10 heteroatoms. The Morgan fingerprint density at radius 1 is 0.974 bits per heavy atom. The summed E-state index contributed by atoms with van der Waals surface area (Å²) < 4.78 is 0. The van der Waals surface area contributed by atoms with Crippen molar-refractivity contribution in [2.75, 3.05) is 11.9 Å². The van der Waals surface area contributed by atoms with E-state index in [9.17, 15) is 19.2 Å². The summed E-state index contributed by atoms with van der Waals surface area (Å²) in [6, 6.07) is 12.4. The third-order valence-electron chi connectivity index (χ3n) is 7.51. The van der Waals surface area contributed by atoms with Crippen LogP contribution < -0.4 is 22.1 Å². The first-order valence-corrected chi connectivity index (χ1v) is 13.5. The van der Waals surface area contributed by atoms with Gasteiger partial charge in [0.1, 0.15) is 6.04 Å². The van der Waals surface area contributed by atoms with Crippen molar-refractivity contribution in [2.24, 2.45) is 11.5 Å². The number of benzene rings is 2. The molecule has 0 unspecified atom stereocenters. The maximum Gasteiger partial charge on any atom is 0.303 e. The number of nitrogens with one attached hydrogen (secondary N) is 2. The van der Waals surface area contributed by atoms with E-state index in [1.54, 1.807) is 0 Å². The molecule has 1 aliphatic carbocycles. The lowest BCUT2D eigenvalue weighted by molar-refractivity contribution is -0.138. The minimum Gasteiger partial charge on any atom is -0.481 e. The van der Waals surface area contributed by atoms with Crippen LogP contribution in [0.1, 0.15) is 48.8 Å². The highest BCUT2D eigenvalue weighted by Gasteiger charge is 2.42. The molecule has 4 rings (SSSR count). The third kappa shape index (κ3) is 7.42. The number of nitrogens with zero attached hydrogens (tertiary/aromatic N) is 1. The third-order valence-corrected chi connectivity index (χ3v) is 7.51. The Balaban J connectivity index is 1.44. The molecule has 0 saturated carbocycles. The van der Waals surface area contributed by atoms with Gasteiger partial charge in [0.05, 0.1) is 12.1 Å². The minimum atomic E-state index is -1.04. The molecule has 7 N–H and O–H groups in total. The number of fused-ring (bicyclic) bond motifs is 1. The first-order valence-electron chi connectivity index (χ1n) is 13.5. The number of carboxylic acids is 1. The van der Waals surface area contributed by atoms with Crippen molar-refractivity contribution in [2.45, 2.75) is 75.5 Å². The second kappa shape index (κ2) is 12.9. The monoisotopic (exact) mass is 535 g/mol. The maximum absolute atomic E-state index is 13.4. The molecule has 0 bridgehead atoms. The van der Waals surface area contributed by atoms with Gasteiger partial charge < -0.3 is 32.1 Å². The number of anilines is 1. The SMILES string of the molecule is N[C@@H](CCC(=O)O)C(=O)N[C@@H]1C[C@@H](C(=O)Nc2ccc3c(c2)CCC3)N(C(=O)[C@@H](N)CCc2ccccc2)C1. The van der Waals surface area contributed by atoms with Gasteiger partial charge in [0, 0.05) is 24.7 Å². The molecule has 1 heterocycles. The average molecular weight is 536 g/mol. The second-order valence-corrected chi connectivity index (χ2v) is 10.4. The van der Waals surface area contributed by atoms with Gasteiger partial charge in [-0.05, 0) is 73.8 Å². The predicted octanol–water partition coefficient (Wildman–Crippen LogP) is 1.35. The first kappa shape index (κ1) is 28.3. The van der Waals surface area contributed by atoms with Crippen LogP contribution in [0.25, 0.3) is 0 Å². The van der Waals surface area contributed by atoms with Gasteiger partial charge in [0.2, 0.25) is 17.7 Å². The van der Waals surface area contributed by atoms with Crippen LogP contribution in [-0.2, 0) is 38.4 Å². The fourth-order valence-electron chi connectivity index (χ4n) is 5.33. The molecule has 1 fully saturated rings. The van der Waals surface area contributed by atoms with Gasteiger partial charge in [-0.1, -0.05) is 36.4 Å². The molecular weight excluding hydrogens is 498 g/mol. The number of aliphatic carboxylic acids is 1. The lowest BCUT2D eigenvalue weighted by Gasteiger charge is -2.26. The number of carbonyl (C=O) groups is 4. The second-order valence-electron chi connectivity index (χ2n) is 10.4. The molecule has 2 aliphatic rings. The molecule has 208 valence electrons. The average Bonchev–Trinajstić information content (AvgIpc) is 3.57. The molecule has 0 aromatic heterocycles. The van der Waals surface area contributed by atoms with Crippen molar-refractivity contribution in [3.05, 3.63) is 65.2 Å². The van der Waals surface area contributed by atoms with Gasteiger partial charge in [-0.3, -0.25) is 19.2 Å². The van der Waals surface area contributed by atoms with E-state index in [1.165, 1.54) is 16.0 Å². The molecule has 39 heavy (non-hydrogen) atoms.